The number of rotatable bonds is 0. The molecule has 0 aromatic heterocycles. The highest BCUT2D eigenvalue weighted by Crippen LogP contribution is 2.10. The van der Waals surface area contributed by atoms with Crippen molar-refractivity contribution in [2.75, 3.05) is 6.54 Å². The molecule has 1 heterocycles. The second kappa shape index (κ2) is 3.16. The van der Waals surface area contributed by atoms with E-state index in [1.165, 1.54) is 0 Å². The van der Waals surface area contributed by atoms with Crippen molar-refractivity contribution < 1.29 is 8.42 Å². The highest BCUT2D eigenvalue weighted by atomic mass is 32.2. The molecule has 1 N–H and O–H groups in total. The summed E-state index contributed by atoms with van der Waals surface area (Å²) < 4.78 is 20.8. The predicted octanol–water partition coefficient (Wildman–Crippen LogP) is 0.0149. The van der Waals surface area contributed by atoms with Crippen LogP contribution in [-0.2, 0) is 10.3 Å². The highest BCUT2D eigenvalue weighted by Gasteiger charge is 2.13. The number of hydrogen-bond donors (Lipinski definition) is 1. The van der Waals surface area contributed by atoms with Gasteiger partial charge >= 0.3 is 0 Å². The van der Waals surface area contributed by atoms with E-state index < -0.39 is 10.3 Å². The van der Waals surface area contributed by atoms with Gasteiger partial charge in [-0.25, -0.2) is 0 Å². The minimum Gasteiger partial charge on any atom is -0.279 e. The van der Waals surface area contributed by atoms with E-state index in [1.54, 1.807) is 0 Å². The predicted molar refractivity (Wildman–Crippen MR) is 40.3 cm³/mol. The number of piperidine rings is 1. The Morgan fingerprint density at radius 2 is 2.30 bits per heavy atom. The minimum absolute atomic E-state index is 0.471. The van der Waals surface area contributed by atoms with Gasteiger partial charge in [-0.15, -0.1) is 0 Å². The zero-order valence-electron chi connectivity index (χ0n) is 5.92. The number of nitrogens with one attached hydrogen (secondary N) is 1. The fraction of sp³-hybridized carbons (Fsp3) is 0.833. The quantitative estimate of drug-likeness (QED) is 0.509. The van der Waals surface area contributed by atoms with Gasteiger partial charge in [0.05, 0.1) is 0 Å². The van der Waals surface area contributed by atoms with Crippen molar-refractivity contribution in [2.24, 2.45) is 5.92 Å². The van der Waals surface area contributed by atoms with E-state index in [9.17, 15) is 8.42 Å². The maximum Gasteiger partial charge on any atom is 0.228 e. The van der Waals surface area contributed by atoms with Crippen molar-refractivity contribution in [1.82, 2.24) is 5.32 Å². The molecular formula is C6H11NO2S. The monoisotopic (exact) mass is 161 g/mol. The van der Waals surface area contributed by atoms with Crippen LogP contribution >= 0.6 is 0 Å². The molecule has 3 nitrogen and oxygen atoms in total. The van der Waals surface area contributed by atoms with Gasteiger partial charge in [-0.1, -0.05) is 6.92 Å². The molecule has 1 fully saturated rings. The molecule has 4 heteroatoms. The Hall–Kier alpha value is -0.350. The van der Waals surface area contributed by atoms with E-state index in [4.69, 9.17) is 0 Å². The van der Waals surface area contributed by atoms with E-state index in [1.807, 2.05) is 0 Å². The molecule has 0 amide bonds. The number of hydrogen-bond acceptors (Lipinski definition) is 2. The van der Waals surface area contributed by atoms with Crippen molar-refractivity contribution >= 4 is 15.3 Å². The molecule has 0 aliphatic carbocycles. The second-order valence-corrected chi connectivity index (χ2v) is 3.64. The van der Waals surface area contributed by atoms with Crippen LogP contribution in [0.5, 0.6) is 0 Å². The summed E-state index contributed by atoms with van der Waals surface area (Å²) in [6.45, 7) is 2.86. The molecule has 0 aromatic carbocycles. The lowest BCUT2D eigenvalue weighted by Gasteiger charge is -2.17. The molecule has 1 saturated heterocycles. The van der Waals surface area contributed by atoms with Crippen LogP contribution in [0.3, 0.4) is 0 Å². The summed E-state index contributed by atoms with van der Waals surface area (Å²) in [7, 11) is -2.02. The minimum atomic E-state index is -2.02. The topological polar surface area (TPSA) is 46.2 Å². The SMILES string of the molecule is CC1CCNC(=S(=O)=O)C1. The van der Waals surface area contributed by atoms with Gasteiger partial charge in [-0.3, -0.25) is 5.32 Å². The van der Waals surface area contributed by atoms with Crippen molar-refractivity contribution in [1.29, 1.82) is 0 Å². The van der Waals surface area contributed by atoms with Gasteiger partial charge in [0.1, 0.15) is 4.99 Å². The van der Waals surface area contributed by atoms with Crippen LogP contribution in [0.25, 0.3) is 0 Å². The lowest BCUT2D eigenvalue weighted by molar-refractivity contribution is 0.510. The fourth-order valence-corrected chi connectivity index (χ4v) is 1.72. The van der Waals surface area contributed by atoms with Gasteiger partial charge in [-0.05, 0) is 12.3 Å². The first-order valence-corrected chi connectivity index (χ1v) is 4.46. The van der Waals surface area contributed by atoms with Crippen LogP contribution in [0, 0.1) is 5.92 Å². The molecule has 1 unspecified atom stereocenters. The molecule has 0 aromatic rings. The Morgan fingerprint density at radius 1 is 1.60 bits per heavy atom. The van der Waals surface area contributed by atoms with E-state index in [0.717, 1.165) is 13.0 Å². The maximum atomic E-state index is 10.4. The first kappa shape index (κ1) is 7.75. The summed E-state index contributed by atoms with van der Waals surface area (Å²) >= 11 is 0. The van der Waals surface area contributed by atoms with Crippen LogP contribution in [0.15, 0.2) is 0 Å². The van der Waals surface area contributed by atoms with Crippen LogP contribution in [0.1, 0.15) is 19.8 Å². The first-order valence-electron chi connectivity index (χ1n) is 3.39. The average Bonchev–Trinajstić information content (AvgIpc) is 1.88. The third-order valence-electron chi connectivity index (χ3n) is 1.69. The van der Waals surface area contributed by atoms with Crippen LogP contribution in [0.4, 0.5) is 0 Å². The van der Waals surface area contributed by atoms with Gasteiger partial charge < -0.3 is 0 Å². The van der Waals surface area contributed by atoms with Gasteiger partial charge in [0.2, 0.25) is 10.3 Å². The third kappa shape index (κ3) is 1.82. The van der Waals surface area contributed by atoms with E-state index in [2.05, 4.69) is 12.2 Å². The molecule has 1 rings (SSSR count). The zero-order chi connectivity index (χ0) is 7.56. The Balaban J connectivity index is 2.74. The third-order valence-corrected chi connectivity index (χ3v) is 2.41. The van der Waals surface area contributed by atoms with Crippen molar-refractivity contribution in [3.63, 3.8) is 0 Å². The molecule has 0 radical (unpaired) electrons. The Labute approximate surface area is 62.0 Å². The molecule has 58 valence electrons. The van der Waals surface area contributed by atoms with E-state index in [-0.39, 0.29) is 0 Å². The average molecular weight is 161 g/mol. The highest BCUT2D eigenvalue weighted by molar-refractivity contribution is 7.72. The van der Waals surface area contributed by atoms with Gasteiger partial charge in [0.15, 0.2) is 0 Å². The molecule has 1 aliphatic rings. The van der Waals surface area contributed by atoms with Crippen molar-refractivity contribution in [2.45, 2.75) is 19.8 Å². The lowest BCUT2D eigenvalue weighted by atomic mass is 10.0. The molecular weight excluding hydrogens is 150 g/mol. The first-order chi connectivity index (χ1) is 4.70. The molecule has 0 spiro atoms. The fourth-order valence-electron chi connectivity index (χ4n) is 1.08. The normalized spacial score (nSPS) is 26.5. The van der Waals surface area contributed by atoms with Crippen LogP contribution < -0.4 is 5.32 Å². The van der Waals surface area contributed by atoms with Gasteiger partial charge in [0, 0.05) is 13.0 Å². The largest absolute Gasteiger partial charge is 0.279 e. The smallest absolute Gasteiger partial charge is 0.228 e. The molecule has 0 bridgehead atoms. The summed E-state index contributed by atoms with van der Waals surface area (Å²) in [5.74, 6) is 0.508. The lowest BCUT2D eigenvalue weighted by Crippen LogP contribution is -2.33. The maximum absolute atomic E-state index is 10.4. The van der Waals surface area contributed by atoms with Crippen LogP contribution in [0.2, 0.25) is 0 Å². The van der Waals surface area contributed by atoms with Crippen molar-refractivity contribution in [3.05, 3.63) is 0 Å². The molecule has 10 heavy (non-hydrogen) atoms. The standard InChI is InChI=1S/C6H11NO2S/c1-5-2-3-7-6(4-5)10(8)9/h5,7H,2-4H2,1H3. The summed E-state index contributed by atoms with van der Waals surface area (Å²) in [5.41, 5.74) is 0. The Morgan fingerprint density at radius 3 is 2.70 bits per heavy atom. The van der Waals surface area contributed by atoms with E-state index >= 15 is 0 Å². The Kier molecular flexibility index (Phi) is 2.45. The zero-order valence-corrected chi connectivity index (χ0v) is 6.74. The van der Waals surface area contributed by atoms with Gasteiger partial charge in [0.25, 0.3) is 0 Å². The summed E-state index contributed by atoms with van der Waals surface area (Å²) in [6, 6.07) is 0. The summed E-state index contributed by atoms with van der Waals surface area (Å²) in [4.78, 5) is 0.471. The van der Waals surface area contributed by atoms with Crippen molar-refractivity contribution in [3.8, 4) is 0 Å². The van der Waals surface area contributed by atoms with E-state index in [0.29, 0.717) is 17.3 Å². The summed E-state index contributed by atoms with van der Waals surface area (Å²) in [5, 5.41) is 2.85. The van der Waals surface area contributed by atoms with Gasteiger partial charge in [-0.2, -0.15) is 8.42 Å². The van der Waals surface area contributed by atoms with Crippen LogP contribution in [-0.4, -0.2) is 20.0 Å². The Bertz CT molecular complexity index is 234. The molecule has 0 saturated carbocycles. The molecule has 1 aliphatic heterocycles. The second-order valence-electron chi connectivity index (χ2n) is 2.68. The molecule has 1 atom stereocenters. The summed E-state index contributed by atoms with van der Waals surface area (Å²) in [6.07, 6.45) is 1.75.